The highest BCUT2D eigenvalue weighted by Crippen LogP contribution is 2.45. The summed E-state index contributed by atoms with van der Waals surface area (Å²) in [5.74, 6) is 0.382. The lowest BCUT2D eigenvalue weighted by Gasteiger charge is -2.27. The molecule has 1 N–H and O–H groups in total. The number of aliphatic hydroxyl groups excluding tert-OH is 1. The molecule has 2 atom stereocenters. The van der Waals surface area contributed by atoms with E-state index >= 15 is 0 Å². The second kappa shape index (κ2) is 3.09. The van der Waals surface area contributed by atoms with Gasteiger partial charge in [0.05, 0.1) is 6.61 Å². The summed E-state index contributed by atoms with van der Waals surface area (Å²) in [6.45, 7) is 8.16. The third-order valence-electron chi connectivity index (χ3n) is 3.29. The van der Waals surface area contributed by atoms with Crippen molar-refractivity contribution in [2.24, 2.45) is 16.7 Å². The Morgan fingerprint density at radius 1 is 1.54 bits per heavy atom. The molecular formula is C11H20O2. The van der Waals surface area contributed by atoms with E-state index in [4.69, 9.17) is 5.11 Å². The van der Waals surface area contributed by atoms with Gasteiger partial charge in [-0.1, -0.05) is 27.7 Å². The Labute approximate surface area is 80.3 Å². The molecule has 0 radical (unpaired) electrons. The zero-order valence-corrected chi connectivity index (χ0v) is 9.05. The zero-order chi connectivity index (χ0) is 10.3. The number of rotatable bonds is 1. The van der Waals surface area contributed by atoms with E-state index < -0.39 is 5.41 Å². The highest BCUT2D eigenvalue weighted by molar-refractivity contribution is 5.89. The summed E-state index contributed by atoms with van der Waals surface area (Å²) in [6.07, 6.45) is 1.77. The van der Waals surface area contributed by atoms with Gasteiger partial charge >= 0.3 is 0 Å². The monoisotopic (exact) mass is 184 g/mol. The number of Topliss-reactive ketones (excluding diaryl/α,β-unsaturated/α-hetero) is 1. The van der Waals surface area contributed by atoms with E-state index in [0.717, 1.165) is 12.8 Å². The molecule has 1 aliphatic carbocycles. The summed E-state index contributed by atoms with van der Waals surface area (Å²) in [5.41, 5.74) is -0.415. The van der Waals surface area contributed by atoms with Crippen molar-refractivity contribution >= 4 is 5.78 Å². The first-order valence-electron chi connectivity index (χ1n) is 4.96. The van der Waals surface area contributed by atoms with Crippen LogP contribution < -0.4 is 0 Å². The Kier molecular flexibility index (Phi) is 2.54. The van der Waals surface area contributed by atoms with Gasteiger partial charge in [0.2, 0.25) is 0 Å². The van der Waals surface area contributed by atoms with Gasteiger partial charge in [0.15, 0.2) is 0 Å². The molecule has 2 heteroatoms. The van der Waals surface area contributed by atoms with Crippen LogP contribution in [0.4, 0.5) is 0 Å². The molecule has 0 aromatic carbocycles. The van der Waals surface area contributed by atoms with E-state index in [0.29, 0.717) is 0 Å². The van der Waals surface area contributed by atoms with Gasteiger partial charge < -0.3 is 5.11 Å². The Balaban J connectivity index is 2.83. The summed E-state index contributed by atoms with van der Waals surface area (Å²) in [6, 6.07) is 0. The lowest BCUT2D eigenvalue weighted by molar-refractivity contribution is -0.132. The molecule has 1 aliphatic rings. The number of ketones is 1. The summed E-state index contributed by atoms with van der Waals surface area (Å²) in [5, 5.41) is 9.16. The Bertz CT molecular complexity index is 215. The van der Waals surface area contributed by atoms with Crippen LogP contribution >= 0.6 is 0 Å². The fourth-order valence-corrected chi connectivity index (χ4v) is 2.12. The van der Waals surface area contributed by atoms with Crippen LogP contribution in [0.15, 0.2) is 0 Å². The van der Waals surface area contributed by atoms with Gasteiger partial charge in [-0.3, -0.25) is 4.79 Å². The minimum atomic E-state index is -0.460. The first-order chi connectivity index (χ1) is 5.81. The van der Waals surface area contributed by atoms with Crippen LogP contribution in [0.3, 0.4) is 0 Å². The van der Waals surface area contributed by atoms with Gasteiger partial charge in [0.1, 0.15) is 5.78 Å². The molecule has 1 saturated carbocycles. The van der Waals surface area contributed by atoms with Crippen molar-refractivity contribution in [2.75, 3.05) is 6.61 Å². The smallest absolute Gasteiger partial charge is 0.144 e. The molecule has 0 saturated heterocycles. The molecule has 0 unspecified atom stereocenters. The zero-order valence-electron chi connectivity index (χ0n) is 9.05. The van der Waals surface area contributed by atoms with Crippen molar-refractivity contribution in [1.29, 1.82) is 0 Å². The Hall–Kier alpha value is -0.370. The topological polar surface area (TPSA) is 37.3 Å². The maximum atomic E-state index is 11.9. The summed E-state index contributed by atoms with van der Waals surface area (Å²) in [4.78, 5) is 11.9. The SMILES string of the molecule is CC(C)(C)[C@H]1CC[C@](C)(CO)C1=O. The molecule has 0 amide bonds. The van der Waals surface area contributed by atoms with Crippen molar-refractivity contribution in [3.8, 4) is 0 Å². The van der Waals surface area contributed by atoms with E-state index in [1.807, 2.05) is 6.92 Å². The molecule has 1 fully saturated rings. The molecule has 1 rings (SSSR count). The van der Waals surface area contributed by atoms with Crippen molar-refractivity contribution in [3.05, 3.63) is 0 Å². The normalized spacial score (nSPS) is 35.5. The molecule has 0 aliphatic heterocycles. The van der Waals surface area contributed by atoms with Crippen LogP contribution in [0, 0.1) is 16.7 Å². The van der Waals surface area contributed by atoms with Gasteiger partial charge in [-0.25, -0.2) is 0 Å². The Morgan fingerprint density at radius 2 is 2.08 bits per heavy atom. The highest BCUT2D eigenvalue weighted by atomic mass is 16.3. The minimum Gasteiger partial charge on any atom is -0.395 e. The standard InChI is InChI=1S/C11H20O2/c1-10(2,3)8-5-6-11(4,7-12)9(8)13/h8,12H,5-7H2,1-4H3/t8-,11+/m0/s1. The molecule has 2 nitrogen and oxygen atoms in total. The molecule has 76 valence electrons. The highest BCUT2D eigenvalue weighted by Gasteiger charge is 2.47. The van der Waals surface area contributed by atoms with E-state index in [1.165, 1.54) is 0 Å². The average molecular weight is 184 g/mol. The van der Waals surface area contributed by atoms with E-state index in [2.05, 4.69) is 20.8 Å². The van der Waals surface area contributed by atoms with E-state index in [9.17, 15) is 4.79 Å². The molecule has 0 spiro atoms. The molecule has 13 heavy (non-hydrogen) atoms. The molecular weight excluding hydrogens is 164 g/mol. The third-order valence-corrected chi connectivity index (χ3v) is 3.29. The fraction of sp³-hybridized carbons (Fsp3) is 0.909. The minimum absolute atomic E-state index is 0.00157. The molecule has 0 heterocycles. The molecule has 0 bridgehead atoms. The fourth-order valence-electron chi connectivity index (χ4n) is 2.12. The van der Waals surface area contributed by atoms with Crippen molar-refractivity contribution < 1.29 is 9.90 Å². The van der Waals surface area contributed by atoms with E-state index in [-0.39, 0.29) is 23.7 Å². The van der Waals surface area contributed by atoms with Crippen molar-refractivity contribution in [3.63, 3.8) is 0 Å². The van der Waals surface area contributed by atoms with Gasteiger partial charge in [-0.15, -0.1) is 0 Å². The largest absolute Gasteiger partial charge is 0.395 e. The van der Waals surface area contributed by atoms with Crippen LogP contribution in [0.1, 0.15) is 40.5 Å². The number of carbonyl (C=O) groups is 1. The Morgan fingerprint density at radius 3 is 2.31 bits per heavy atom. The van der Waals surface area contributed by atoms with Gasteiger partial charge in [0, 0.05) is 11.3 Å². The lowest BCUT2D eigenvalue weighted by Crippen LogP contribution is -2.33. The third kappa shape index (κ3) is 1.78. The predicted molar refractivity (Wildman–Crippen MR) is 52.4 cm³/mol. The van der Waals surface area contributed by atoms with Crippen LogP contribution in [-0.4, -0.2) is 17.5 Å². The first-order valence-corrected chi connectivity index (χ1v) is 4.96. The van der Waals surface area contributed by atoms with Crippen molar-refractivity contribution in [1.82, 2.24) is 0 Å². The summed E-state index contributed by atoms with van der Waals surface area (Å²) < 4.78 is 0. The van der Waals surface area contributed by atoms with Crippen LogP contribution in [0.5, 0.6) is 0 Å². The number of hydrogen-bond donors (Lipinski definition) is 1. The van der Waals surface area contributed by atoms with E-state index in [1.54, 1.807) is 0 Å². The lowest BCUT2D eigenvalue weighted by atomic mass is 9.76. The summed E-state index contributed by atoms with van der Waals surface area (Å²) >= 11 is 0. The second-order valence-electron chi connectivity index (χ2n) is 5.54. The average Bonchev–Trinajstić information content (AvgIpc) is 2.29. The van der Waals surface area contributed by atoms with Crippen LogP contribution in [0.25, 0.3) is 0 Å². The number of hydrogen-bond acceptors (Lipinski definition) is 2. The number of aliphatic hydroxyl groups is 1. The van der Waals surface area contributed by atoms with Crippen molar-refractivity contribution in [2.45, 2.75) is 40.5 Å². The van der Waals surface area contributed by atoms with Gasteiger partial charge in [-0.05, 0) is 18.3 Å². The predicted octanol–water partition coefficient (Wildman–Crippen LogP) is 2.01. The number of carbonyl (C=O) groups excluding carboxylic acids is 1. The van der Waals surface area contributed by atoms with Crippen LogP contribution in [0.2, 0.25) is 0 Å². The molecule has 0 aromatic rings. The second-order valence-corrected chi connectivity index (χ2v) is 5.54. The molecule has 0 aromatic heterocycles. The van der Waals surface area contributed by atoms with Gasteiger partial charge in [-0.2, -0.15) is 0 Å². The van der Waals surface area contributed by atoms with Gasteiger partial charge in [0.25, 0.3) is 0 Å². The van der Waals surface area contributed by atoms with Crippen LogP contribution in [-0.2, 0) is 4.79 Å². The maximum Gasteiger partial charge on any atom is 0.144 e. The maximum absolute atomic E-state index is 11.9. The quantitative estimate of drug-likeness (QED) is 0.677. The summed E-state index contributed by atoms with van der Waals surface area (Å²) in [7, 11) is 0. The first kappa shape index (κ1) is 10.7.